The minimum absolute atomic E-state index is 0.0825. The highest BCUT2D eigenvalue weighted by Crippen LogP contribution is 2.29. The van der Waals surface area contributed by atoms with E-state index in [0.717, 1.165) is 22.8 Å². The Kier molecular flexibility index (Phi) is 5.47. The van der Waals surface area contributed by atoms with Gasteiger partial charge in [-0.15, -0.1) is 11.3 Å². The van der Waals surface area contributed by atoms with Crippen LogP contribution in [0.15, 0.2) is 40.6 Å². The number of anilines is 1. The molecule has 0 aliphatic heterocycles. The number of hydrogen-bond donors (Lipinski definition) is 1. The van der Waals surface area contributed by atoms with E-state index >= 15 is 0 Å². The van der Waals surface area contributed by atoms with Crippen LogP contribution in [0.4, 0.5) is 5.69 Å². The van der Waals surface area contributed by atoms with E-state index in [4.69, 9.17) is 17.3 Å². The van der Waals surface area contributed by atoms with Gasteiger partial charge in [-0.25, -0.2) is 13.2 Å². The van der Waals surface area contributed by atoms with Gasteiger partial charge in [-0.1, -0.05) is 11.6 Å². The lowest BCUT2D eigenvalue weighted by Gasteiger charge is -2.23. The first kappa shape index (κ1) is 18.2. The van der Waals surface area contributed by atoms with Crippen LogP contribution < -0.4 is 10.0 Å². The van der Waals surface area contributed by atoms with E-state index in [0.29, 0.717) is 5.02 Å². The van der Waals surface area contributed by atoms with Crippen molar-refractivity contribution in [3.63, 3.8) is 0 Å². The molecule has 0 unspecified atom stereocenters. The van der Waals surface area contributed by atoms with Crippen LogP contribution in [-0.2, 0) is 19.6 Å². The molecule has 0 spiro atoms. The van der Waals surface area contributed by atoms with Crippen LogP contribution in [-0.4, -0.2) is 33.9 Å². The van der Waals surface area contributed by atoms with E-state index in [2.05, 4.69) is 4.74 Å². The number of halogens is 1. The fourth-order valence-electron chi connectivity index (χ4n) is 1.92. The summed E-state index contributed by atoms with van der Waals surface area (Å²) in [7, 11) is -3.05. The van der Waals surface area contributed by atoms with E-state index < -0.39 is 28.4 Å². The lowest BCUT2D eigenvalue weighted by Crippen LogP contribution is -2.38. The third-order valence-electron chi connectivity index (χ3n) is 2.98. The van der Waals surface area contributed by atoms with Crippen molar-refractivity contribution in [1.29, 1.82) is 0 Å². The summed E-state index contributed by atoms with van der Waals surface area (Å²) in [5.74, 6) is -1.62. The van der Waals surface area contributed by atoms with Crippen molar-refractivity contribution in [3.05, 3.63) is 45.6 Å². The van der Waals surface area contributed by atoms with Crippen LogP contribution in [0.3, 0.4) is 0 Å². The lowest BCUT2D eigenvalue weighted by molar-refractivity contribution is -0.116. The number of nitrogens with zero attached hydrogens (tertiary/aromatic N) is 1. The number of carbonyl (C=O) groups excluding carboxylic acids is 2. The molecule has 10 heteroatoms. The second kappa shape index (κ2) is 7.20. The summed E-state index contributed by atoms with van der Waals surface area (Å²) >= 11 is 6.73. The van der Waals surface area contributed by atoms with E-state index in [-0.39, 0.29) is 15.5 Å². The molecule has 0 radical (unpaired) electrons. The first-order valence-corrected chi connectivity index (χ1v) is 9.19. The summed E-state index contributed by atoms with van der Waals surface area (Å²) in [6.07, 6.45) is 0. The highest BCUT2D eigenvalue weighted by atomic mass is 35.5. The van der Waals surface area contributed by atoms with Crippen molar-refractivity contribution in [2.45, 2.75) is 4.90 Å². The quantitative estimate of drug-likeness (QED) is 0.760. The number of ether oxygens (including phenoxy) is 1. The highest BCUT2D eigenvalue weighted by molar-refractivity contribution is 7.93. The number of thiophene rings is 1. The maximum Gasteiger partial charge on any atom is 0.349 e. The molecule has 0 saturated carbocycles. The van der Waals surface area contributed by atoms with Gasteiger partial charge in [0.1, 0.15) is 16.3 Å². The summed E-state index contributed by atoms with van der Waals surface area (Å²) in [6.45, 7) is -0.583. The largest absolute Gasteiger partial charge is 0.465 e. The van der Waals surface area contributed by atoms with Crippen LogP contribution in [0, 0.1) is 0 Å². The Labute approximate surface area is 147 Å². The van der Waals surface area contributed by atoms with E-state index in [1.54, 1.807) is 0 Å². The predicted molar refractivity (Wildman–Crippen MR) is 90.8 cm³/mol. The van der Waals surface area contributed by atoms with Crippen molar-refractivity contribution < 1.29 is 22.7 Å². The number of primary amides is 1. The van der Waals surface area contributed by atoms with Crippen LogP contribution in [0.5, 0.6) is 0 Å². The number of amides is 1. The molecule has 0 fully saturated rings. The smallest absolute Gasteiger partial charge is 0.349 e. The third kappa shape index (κ3) is 3.69. The lowest BCUT2D eigenvalue weighted by atomic mass is 10.3. The highest BCUT2D eigenvalue weighted by Gasteiger charge is 2.31. The van der Waals surface area contributed by atoms with Gasteiger partial charge in [0, 0.05) is 5.02 Å². The molecule has 7 nitrogen and oxygen atoms in total. The van der Waals surface area contributed by atoms with Gasteiger partial charge in [0.25, 0.3) is 10.0 Å². The summed E-state index contributed by atoms with van der Waals surface area (Å²) in [5, 5.41) is 1.85. The van der Waals surface area contributed by atoms with Crippen molar-refractivity contribution in [1.82, 2.24) is 0 Å². The maximum absolute atomic E-state index is 12.9. The Morgan fingerprint density at radius 1 is 1.25 bits per heavy atom. The van der Waals surface area contributed by atoms with Gasteiger partial charge in [0.05, 0.1) is 12.8 Å². The molecule has 0 aliphatic carbocycles. The summed E-state index contributed by atoms with van der Waals surface area (Å²) < 4.78 is 31.3. The zero-order chi connectivity index (χ0) is 17.9. The first-order valence-electron chi connectivity index (χ1n) is 6.49. The van der Waals surface area contributed by atoms with Crippen molar-refractivity contribution in [3.8, 4) is 0 Å². The SMILES string of the molecule is COC(=O)c1sccc1S(=O)(=O)N(CC(N)=O)c1ccc(Cl)cc1. The fraction of sp³-hybridized carbons (Fsp3) is 0.143. The molecule has 2 aromatic rings. The van der Waals surface area contributed by atoms with Gasteiger partial charge in [0.15, 0.2) is 0 Å². The molecule has 0 atom stereocenters. The number of sulfonamides is 1. The molecule has 0 aliphatic rings. The zero-order valence-corrected chi connectivity index (χ0v) is 14.8. The number of benzene rings is 1. The average molecular weight is 389 g/mol. The van der Waals surface area contributed by atoms with Gasteiger partial charge >= 0.3 is 5.97 Å². The fourth-order valence-corrected chi connectivity index (χ4v) is 4.79. The Hall–Kier alpha value is -2.10. The summed E-state index contributed by atoms with van der Waals surface area (Å²) in [6, 6.07) is 7.11. The summed E-state index contributed by atoms with van der Waals surface area (Å²) in [4.78, 5) is 22.8. The Balaban J connectivity index is 2.56. The van der Waals surface area contributed by atoms with Gasteiger partial charge in [-0.3, -0.25) is 9.10 Å². The standard InChI is InChI=1S/C14H13ClN2O5S2/c1-22-14(19)13-11(6-7-23-13)24(20,21)17(8-12(16)18)10-4-2-9(15)3-5-10/h2-7H,8H2,1H3,(H2,16,18). The van der Waals surface area contributed by atoms with E-state index in [9.17, 15) is 18.0 Å². The van der Waals surface area contributed by atoms with Crippen molar-refractivity contribution in [2.24, 2.45) is 5.73 Å². The average Bonchev–Trinajstić information content (AvgIpc) is 3.03. The summed E-state index contributed by atoms with van der Waals surface area (Å²) in [5.41, 5.74) is 5.37. The monoisotopic (exact) mass is 388 g/mol. The second-order valence-corrected chi connectivity index (χ2v) is 7.74. The number of rotatable bonds is 6. The predicted octanol–water partition coefficient (Wildman–Crippen LogP) is 1.87. The molecule has 0 bridgehead atoms. The van der Waals surface area contributed by atoms with Gasteiger partial charge in [-0.05, 0) is 35.7 Å². The molecule has 1 heterocycles. The molecule has 24 heavy (non-hydrogen) atoms. The molecular formula is C14H13ClN2O5S2. The third-order valence-corrected chi connectivity index (χ3v) is 6.07. The van der Waals surface area contributed by atoms with Crippen molar-refractivity contribution >= 4 is 50.5 Å². The van der Waals surface area contributed by atoms with Crippen LogP contribution >= 0.6 is 22.9 Å². The second-order valence-electron chi connectivity index (χ2n) is 4.56. The maximum atomic E-state index is 12.9. The molecular weight excluding hydrogens is 376 g/mol. The molecule has 2 rings (SSSR count). The van der Waals surface area contributed by atoms with Gasteiger partial charge in [0.2, 0.25) is 5.91 Å². The topological polar surface area (TPSA) is 107 Å². The molecule has 1 amide bonds. The number of nitrogens with two attached hydrogens (primary N) is 1. The Morgan fingerprint density at radius 2 is 1.88 bits per heavy atom. The van der Waals surface area contributed by atoms with Crippen LogP contribution in [0.25, 0.3) is 0 Å². The van der Waals surface area contributed by atoms with Gasteiger partial charge in [-0.2, -0.15) is 0 Å². The van der Waals surface area contributed by atoms with E-state index in [1.807, 2.05) is 0 Å². The number of esters is 1. The van der Waals surface area contributed by atoms with Crippen LogP contribution in [0.2, 0.25) is 5.02 Å². The zero-order valence-electron chi connectivity index (χ0n) is 12.4. The Bertz CT molecular complexity index is 862. The molecule has 1 aromatic carbocycles. The number of methoxy groups -OCH3 is 1. The molecule has 2 N–H and O–H groups in total. The van der Waals surface area contributed by atoms with Crippen LogP contribution in [0.1, 0.15) is 9.67 Å². The first-order chi connectivity index (χ1) is 11.3. The molecule has 1 aromatic heterocycles. The minimum atomic E-state index is -4.21. The van der Waals surface area contributed by atoms with Gasteiger partial charge < -0.3 is 10.5 Å². The molecule has 0 saturated heterocycles. The normalized spacial score (nSPS) is 11.1. The Morgan fingerprint density at radius 3 is 2.42 bits per heavy atom. The molecule has 128 valence electrons. The van der Waals surface area contributed by atoms with E-state index in [1.165, 1.54) is 35.7 Å². The number of hydrogen-bond acceptors (Lipinski definition) is 6. The number of carbonyl (C=O) groups is 2. The van der Waals surface area contributed by atoms with Crippen molar-refractivity contribution in [2.75, 3.05) is 18.0 Å². The minimum Gasteiger partial charge on any atom is -0.465 e.